The Kier molecular flexibility index (Phi) is 6.65. The van der Waals surface area contributed by atoms with Gasteiger partial charge in [-0.25, -0.2) is 0 Å². The van der Waals surface area contributed by atoms with Crippen LogP contribution < -0.4 is 5.32 Å². The lowest BCUT2D eigenvalue weighted by molar-refractivity contribution is -0.122. The molecule has 0 radical (unpaired) electrons. The monoisotopic (exact) mass is 371 g/mol. The van der Waals surface area contributed by atoms with Crippen molar-refractivity contribution in [2.75, 3.05) is 0 Å². The van der Waals surface area contributed by atoms with Crippen LogP contribution in [-0.2, 0) is 11.2 Å². The van der Waals surface area contributed by atoms with E-state index in [-0.39, 0.29) is 17.9 Å². The molecule has 0 aliphatic heterocycles. The van der Waals surface area contributed by atoms with E-state index < -0.39 is 0 Å². The highest BCUT2D eigenvalue weighted by molar-refractivity contribution is 5.87. The maximum Gasteiger partial charge on any atom is 0.232 e. The molecule has 0 aromatic heterocycles. The Labute approximate surface area is 168 Å². The third-order valence-corrected chi connectivity index (χ3v) is 5.01. The summed E-state index contributed by atoms with van der Waals surface area (Å²) in [6, 6.07) is 28.5. The first-order valence-corrected chi connectivity index (χ1v) is 10.0. The van der Waals surface area contributed by atoms with Crippen LogP contribution in [0, 0.1) is 5.92 Å². The van der Waals surface area contributed by atoms with E-state index in [0.29, 0.717) is 5.92 Å². The van der Waals surface area contributed by atoms with Crippen molar-refractivity contribution in [3.63, 3.8) is 0 Å². The minimum Gasteiger partial charge on any atom is -0.349 e. The van der Waals surface area contributed by atoms with Crippen LogP contribution in [0.2, 0.25) is 0 Å². The van der Waals surface area contributed by atoms with E-state index in [1.165, 1.54) is 5.56 Å². The van der Waals surface area contributed by atoms with E-state index in [9.17, 15) is 4.79 Å². The fourth-order valence-electron chi connectivity index (χ4n) is 3.58. The summed E-state index contributed by atoms with van der Waals surface area (Å²) in [5.74, 6) is 0.349. The zero-order valence-electron chi connectivity index (χ0n) is 16.9. The highest BCUT2D eigenvalue weighted by atomic mass is 16.1. The molecule has 2 nitrogen and oxygen atoms in total. The molecule has 3 aromatic rings. The lowest BCUT2D eigenvalue weighted by atomic mass is 9.90. The van der Waals surface area contributed by atoms with Gasteiger partial charge in [-0.15, -0.1) is 0 Å². The smallest absolute Gasteiger partial charge is 0.232 e. The van der Waals surface area contributed by atoms with Gasteiger partial charge in [-0.05, 0) is 41.5 Å². The molecule has 1 amide bonds. The summed E-state index contributed by atoms with van der Waals surface area (Å²) in [6.45, 7) is 6.50. The van der Waals surface area contributed by atoms with Gasteiger partial charge in [0, 0.05) is 0 Å². The maximum absolute atomic E-state index is 13.2. The Bertz CT molecular complexity index is 830. The van der Waals surface area contributed by atoms with Crippen LogP contribution in [0.5, 0.6) is 0 Å². The van der Waals surface area contributed by atoms with E-state index >= 15 is 0 Å². The summed E-state index contributed by atoms with van der Waals surface area (Å²) in [5.41, 5.74) is 4.47. The minimum absolute atomic E-state index is 0.0242. The number of carbonyl (C=O) groups is 1. The van der Waals surface area contributed by atoms with Gasteiger partial charge in [-0.1, -0.05) is 98.8 Å². The Morgan fingerprint density at radius 1 is 0.714 bits per heavy atom. The SMILES string of the molecule is CC(C)Cc1ccc([C@@H](C)NC(=O)C(c2ccccc2)c2ccccc2)cc1. The van der Waals surface area contributed by atoms with Crippen LogP contribution >= 0.6 is 0 Å². The fourth-order valence-corrected chi connectivity index (χ4v) is 3.58. The van der Waals surface area contributed by atoms with Gasteiger partial charge in [-0.3, -0.25) is 4.79 Å². The molecule has 1 atom stereocenters. The summed E-state index contributed by atoms with van der Waals surface area (Å²) in [7, 11) is 0. The highest BCUT2D eigenvalue weighted by Gasteiger charge is 2.24. The number of benzene rings is 3. The summed E-state index contributed by atoms with van der Waals surface area (Å²) in [4.78, 5) is 13.2. The van der Waals surface area contributed by atoms with Crippen molar-refractivity contribution < 1.29 is 4.79 Å². The van der Waals surface area contributed by atoms with Gasteiger partial charge in [-0.2, -0.15) is 0 Å². The molecule has 0 spiro atoms. The van der Waals surface area contributed by atoms with Crippen LogP contribution in [0.3, 0.4) is 0 Å². The number of nitrogens with one attached hydrogen (secondary N) is 1. The Morgan fingerprint density at radius 2 is 1.21 bits per heavy atom. The van der Waals surface area contributed by atoms with Gasteiger partial charge < -0.3 is 5.32 Å². The van der Waals surface area contributed by atoms with E-state index in [0.717, 1.165) is 23.1 Å². The average molecular weight is 372 g/mol. The van der Waals surface area contributed by atoms with Gasteiger partial charge in [0.2, 0.25) is 5.91 Å². The summed E-state index contributed by atoms with van der Waals surface area (Å²) in [6.07, 6.45) is 1.07. The second kappa shape index (κ2) is 9.36. The van der Waals surface area contributed by atoms with Crippen LogP contribution in [0.1, 0.15) is 55.0 Å². The van der Waals surface area contributed by atoms with E-state index in [4.69, 9.17) is 0 Å². The number of rotatable bonds is 7. The first kappa shape index (κ1) is 19.9. The van der Waals surface area contributed by atoms with Crippen molar-refractivity contribution in [2.24, 2.45) is 5.92 Å². The second-order valence-corrected chi connectivity index (χ2v) is 7.82. The predicted molar refractivity (Wildman–Crippen MR) is 116 cm³/mol. The molecule has 0 unspecified atom stereocenters. The Hall–Kier alpha value is -2.87. The molecule has 3 rings (SSSR count). The standard InChI is InChI=1S/C26H29NO/c1-19(2)18-21-14-16-22(17-15-21)20(3)27-26(28)25(23-10-6-4-7-11-23)24-12-8-5-9-13-24/h4-17,19-20,25H,18H2,1-3H3,(H,27,28)/t20-/m1/s1. The third-order valence-electron chi connectivity index (χ3n) is 5.01. The molecule has 0 bridgehead atoms. The molecule has 0 aliphatic rings. The van der Waals surface area contributed by atoms with Crippen molar-refractivity contribution in [1.82, 2.24) is 5.32 Å². The van der Waals surface area contributed by atoms with E-state index in [2.05, 4.69) is 43.4 Å². The average Bonchev–Trinajstić information content (AvgIpc) is 2.70. The van der Waals surface area contributed by atoms with Crippen LogP contribution in [-0.4, -0.2) is 5.91 Å². The number of amides is 1. The number of carbonyl (C=O) groups excluding carboxylic acids is 1. The van der Waals surface area contributed by atoms with Crippen molar-refractivity contribution in [2.45, 2.75) is 39.2 Å². The molecule has 1 N–H and O–H groups in total. The van der Waals surface area contributed by atoms with Crippen molar-refractivity contribution in [3.8, 4) is 0 Å². The molecular formula is C26H29NO. The maximum atomic E-state index is 13.2. The first-order chi connectivity index (χ1) is 13.5. The summed E-state index contributed by atoms with van der Waals surface area (Å²) < 4.78 is 0. The Morgan fingerprint density at radius 3 is 1.68 bits per heavy atom. The Balaban J connectivity index is 1.78. The fraction of sp³-hybridized carbons (Fsp3) is 0.269. The zero-order chi connectivity index (χ0) is 19.9. The van der Waals surface area contributed by atoms with Crippen LogP contribution in [0.4, 0.5) is 0 Å². The van der Waals surface area contributed by atoms with Gasteiger partial charge in [0.1, 0.15) is 0 Å². The molecule has 0 saturated heterocycles. The quantitative estimate of drug-likeness (QED) is 0.551. The second-order valence-electron chi connectivity index (χ2n) is 7.82. The lowest BCUT2D eigenvalue weighted by Crippen LogP contribution is -2.32. The minimum atomic E-state index is -0.315. The predicted octanol–water partition coefficient (Wildman–Crippen LogP) is 5.89. The van der Waals surface area contributed by atoms with Crippen molar-refractivity contribution in [3.05, 3.63) is 107 Å². The lowest BCUT2D eigenvalue weighted by Gasteiger charge is -2.21. The van der Waals surface area contributed by atoms with Crippen molar-refractivity contribution >= 4 is 5.91 Å². The van der Waals surface area contributed by atoms with Gasteiger partial charge in [0.15, 0.2) is 0 Å². The normalized spacial score (nSPS) is 12.2. The molecular weight excluding hydrogens is 342 g/mol. The number of hydrogen-bond donors (Lipinski definition) is 1. The van der Waals surface area contributed by atoms with Crippen LogP contribution in [0.25, 0.3) is 0 Å². The summed E-state index contributed by atoms with van der Waals surface area (Å²) >= 11 is 0. The third kappa shape index (κ3) is 5.10. The van der Waals surface area contributed by atoms with Crippen LogP contribution in [0.15, 0.2) is 84.9 Å². The molecule has 144 valence electrons. The van der Waals surface area contributed by atoms with Gasteiger partial charge in [0.25, 0.3) is 0 Å². The van der Waals surface area contributed by atoms with E-state index in [1.807, 2.05) is 67.6 Å². The van der Waals surface area contributed by atoms with Gasteiger partial charge >= 0.3 is 0 Å². The first-order valence-electron chi connectivity index (χ1n) is 10.0. The molecule has 0 saturated carbocycles. The molecule has 0 fully saturated rings. The molecule has 2 heteroatoms. The van der Waals surface area contributed by atoms with Gasteiger partial charge in [0.05, 0.1) is 12.0 Å². The summed E-state index contributed by atoms with van der Waals surface area (Å²) in [5, 5.41) is 3.21. The molecule has 3 aromatic carbocycles. The number of hydrogen-bond acceptors (Lipinski definition) is 1. The molecule has 0 heterocycles. The van der Waals surface area contributed by atoms with E-state index in [1.54, 1.807) is 0 Å². The highest BCUT2D eigenvalue weighted by Crippen LogP contribution is 2.26. The van der Waals surface area contributed by atoms with Crippen molar-refractivity contribution in [1.29, 1.82) is 0 Å². The molecule has 28 heavy (non-hydrogen) atoms. The largest absolute Gasteiger partial charge is 0.349 e. The zero-order valence-corrected chi connectivity index (χ0v) is 16.9. The topological polar surface area (TPSA) is 29.1 Å². The molecule has 0 aliphatic carbocycles.